The van der Waals surface area contributed by atoms with Crippen LogP contribution in [0, 0.1) is 0 Å². The SMILES string of the molecule is COC(=O)CN(Cc1cc(OC)cc(OC)c1)C(=O)c1ccc(CS(C)(=O)=O)cc1. The molecule has 0 unspecified atom stereocenters. The van der Waals surface area contributed by atoms with Crippen molar-refractivity contribution in [1.82, 2.24) is 4.90 Å². The number of sulfone groups is 1. The van der Waals surface area contributed by atoms with Crippen molar-refractivity contribution < 1.29 is 32.2 Å². The quantitative estimate of drug-likeness (QED) is 0.556. The third-order valence-electron chi connectivity index (χ3n) is 4.25. The summed E-state index contributed by atoms with van der Waals surface area (Å²) in [6.07, 6.45) is 1.15. The lowest BCUT2D eigenvalue weighted by Gasteiger charge is -2.22. The number of amides is 1. The molecule has 2 rings (SSSR count). The Balaban J connectivity index is 2.30. The van der Waals surface area contributed by atoms with Crippen molar-refractivity contribution in [3.05, 3.63) is 59.2 Å². The van der Waals surface area contributed by atoms with Crippen LogP contribution in [-0.4, -0.2) is 59.3 Å². The minimum absolute atomic E-state index is 0.114. The van der Waals surface area contributed by atoms with E-state index in [1.807, 2.05) is 0 Å². The average Bonchev–Trinajstić information content (AvgIpc) is 2.71. The zero-order valence-electron chi connectivity index (χ0n) is 17.4. The zero-order chi connectivity index (χ0) is 22.3. The van der Waals surface area contributed by atoms with Crippen LogP contribution in [0.1, 0.15) is 21.5 Å². The molecule has 1 amide bonds. The Hall–Kier alpha value is -3.07. The van der Waals surface area contributed by atoms with E-state index in [-0.39, 0.29) is 18.8 Å². The fraction of sp³-hybridized carbons (Fsp3) is 0.333. The topological polar surface area (TPSA) is 99.2 Å². The molecule has 0 heterocycles. The van der Waals surface area contributed by atoms with Crippen molar-refractivity contribution in [2.75, 3.05) is 34.1 Å². The number of esters is 1. The molecular weight excluding hydrogens is 410 g/mol. The number of ether oxygens (including phenoxy) is 3. The van der Waals surface area contributed by atoms with Crippen LogP contribution in [0.25, 0.3) is 0 Å². The number of methoxy groups -OCH3 is 3. The summed E-state index contributed by atoms with van der Waals surface area (Å²) >= 11 is 0. The van der Waals surface area contributed by atoms with Gasteiger partial charge in [-0.2, -0.15) is 0 Å². The van der Waals surface area contributed by atoms with Gasteiger partial charge in [-0.25, -0.2) is 8.42 Å². The molecule has 0 fully saturated rings. The molecule has 9 heteroatoms. The van der Waals surface area contributed by atoms with E-state index in [9.17, 15) is 18.0 Å². The van der Waals surface area contributed by atoms with E-state index in [4.69, 9.17) is 14.2 Å². The number of nitrogens with zero attached hydrogens (tertiary/aromatic N) is 1. The van der Waals surface area contributed by atoms with Gasteiger partial charge in [-0.05, 0) is 35.4 Å². The lowest BCUT2D eigenvalue weighted by molar-refractivity contribution is -0.141. The number of hydrogen-bond donors (Lipinski definition) is 0. The fourth-order valence-electron chi connectivity index (χ4n) is 2.83. The fourth-order valence-corrected chi connectivity index (χ4v) is 3.62. The first-order chi connectivity index (χ1) is 14.1. The van der Waals surface area contributed by atoms with Gasteiger partial charge in [0, 0.05) is 24.4 Å². The highest BCUT2D eigenvalue weighted by molar-refractivity contribution is 7.89. The summed E-state index contributed by atoms with van der Waals surface area (Å²) in [5.74, 6) is 0.0385. The van der Waals surface area contributed by atoms with E-state index in [1.165, 1.54) is 26.2 Å². The first-order valence-electron chi connectivity index (χ1n) is 9.00. The van der Waals surface area contributed by atoms with Crippen LogP contribution in [0.3, 0.4) is 0 Å². The van der Waals surface area contributed by atoms with Gasteiger partial charge in [-0.15, -0.1) is 0 Å². The molecule has 162 valence electrons. The normalized spacial score (nSPS) is 10.9. The molecule has 0 saturated heterocycles. The van der Waals surface area contributed by atoms with Gasteiger partial charge in [0.25, 0.3) is 5.91 Å². The smallest absolute Gasteiger partial charge is 0.325 e. The summed E-state index contributed by atoms with van der Waals surface area (Å²) in [5, 5.41) is 0. The van der Waals surface area contributed by atoms with Gasteiger partial charge in [-0.1, -0.05) is 12.1 Å². The van der Waals surface area contributed by atoms with E-state index < -0.39 is 21.7 Å². The second-order valence-corrected chi connectivity index (χ2v) is 8.87. The Labute approximate surface area is 176 Å². The number of hydrogen-bond acceptors (Lipinski definition) is 7. The zero-order valence-corrected chi connectivity index (χ0v) is 18.2. The second-order valence-electron chi connectivity index (χ2n) is 6.73. The summed E-state index contributed by atoms with van der Waals surface area (Å²) in [6.45, 7) is -0.132. The highest BCUT2D eigenvalue weighted by Gasteiger charge is 2.20. The summed E-state index contributed by atoms with van der Waals surface area (Å²) < 4.78 is 38.1. The first-order valence-corrected chi connectivity index (χ1v) is 11.1. The molecule has 0 bridgehead atoms. The van der Waals surface area contributed by atoms with Gasteiger partial charge in [0.1, 0.15) is 18.0 Å². The molecular formula is C21H25NO7S. The summed E-state index contributed by atoms with van der Waals surface area (Å²) in [7, 11) is 1.11. The Bertz CT molecular complexity index is 978. The van der Waals surface area contributed by atoms with E-state index >= 15 is 0 Å². The van der Waals surface area contributed by atoms with Gasteiger partial charge in [-0.3, -0.25) is 9.59 Å². The molecule has 8 nitrogen and oxygen atoms in total. The number of benzene rings is 2. The summed E-state index contributed by atoms with van der Waals surface area (Å²) in [5.41, 5.74) is 1.61. The summed E-state index contributed by atoms with van der Waals surface area (Å²) in [6, 6.07) is 11.4. The molecule has 0 aromatic heterocycles. The lowest BCUT2D eigenvalue weighted by atomic mass is 10.1. The van der Waals surface area contributed by atoms with Gasteiger partial charge in [0.05, 0.1) is 27.1 Å². The minimum Gasteiger partial charge on any atom is -0.497 e. The van der Waals surface area contributed by atoms with Crippen LogP contribution in [0.15, 0.2) is 42.5 Å². The Morgan fingerprint density at radius 2 is 1.47 bits per heavy atom. The minimum atomic E-state index is -3.18. The molecule has 0 atom stereocenters. The van der Waals surface area contributed by atoms with E-state index in [2.05, 4.69) is 0 Å². The maximum absolute atomic E-state index is 13.0. The number of rotatable bonds is 9. The second kappa shape index (κ2) is 10.1. The monoisotopic (exact) mass is 435 g/mol. The van der Waals surface area contributed by atoms with Crippen LogP contribution in [0.5, 0.6) is 11.5 Å². The number of carbonyl (C=O) groups is 2. The van der Waals surface area contributed by atoms with E-state index in [0.29, 0.717) is 28.2 Å². The van der Waals surface area contributed by atoms with Crippen molar-refractivity contribution in [3.8, 4) is 11.5 Å². The first kappa shape index (κ1) is 23.2. The van der Waals surface area contributed by atoms with Crippen molar-refractivity contribution >= 4 is 21.7 Å². The highest BCUT2D eigenvalue weighted by Crippen LogP contribution is 2.24. The molecule has 0 aliphatic heterocycles. The molecule has 2 aromatic carbocycles. The highest BCUT2D eigenvalue weighted by atomic mass is 32.2. The third-order valence-corrected chi connectivity index (χ3v) is 5.11. The standard InChI is InChI=1S/C21H25NO7S/c1-27-18-9-16(10-19(11-18)28-2)12-22(13-20(23)29-3)21(24)17-7-5-15(6-8-17)14-30(4,25)26/h5-11H,12-14H2,1-4H3. The van der Waals surface area contributed by atoms with Gasteiger partial charge >= 0.3 is 5.97 Å². The van der Waals surface area contributed by atoms with Crippen LogP contribution >= 0.6 is 0 Å². The van der Waals surface area contributed by atoms with Crippen LogP contribution < -0.4 is 9.47 Å². The van der Waals surface area contributed by atoms with Gasteiger partial charge in [0.2, 0.25) is 0 Å². The predicted molar refractivity (Wildman–Crippen MR) is 111 cm³/mol. The van der Waals surface area contributed by atoms with E-state index in [0.717, 1.165) is 6.26 Å². The van der Waals surface area contributed by atoms with Crippen molar-refractivity contribution in [2.24, 2.45) is 0 Å². The molecule has 0 spiro atoms. The van der Waals surface area contributed by atoms with Crippen LogP contribution in [0.4, 0.5) is 0 Å². The lowest BCUT2D eigenvalue weighted by Crippen LogP contribution is -2.35. The molecule has 0 aliphatic carbocycles. The Kier molecular flexibility index (Phi) is 7.82. The third kappa shape index (κ3) is 6.77. The van der Waals surface area contributed by atoms with Crippen LogP contribution in [-0.2, 0) is 31.7 Å². The van der Waals surface area contributed by atoms with Gasteiger partial charge in [0.15, 0.2) is 9.84 Å². The maximum Gasteiger partial charge on any atom is 0.325 e. The molecule has 0 radical (unpaired) electrons. The average molecular weight is 435 g/mol. The predicted octanol–water partition coefficient (Wildman–Crippen LogP) is 2.06. The van der Waals surface area contributed by atoms with Gasteiger partial charge < -0.3 is 19.1 Å². The summed E-state index contributed by atoms with van der Waals surface area (Å²) in [4.78, 5) is 26.3. The Morgan fingerprint density at radius 3 is 1.93 bits per heavy atom. The van der Waals surface area contributed by atoms with Crippen LogP contribution in [0.2, 0.25) is 0 Å². The van der Waals surface area contributed by atoms with Crippen molar-refractivity contribution in [2.45, 2.75) is 12.3 Å². The van der Waals surface area contributed by atoms with Crippen molar-refractivity contribution in [3.63, 3.8) is 0 Å². The maximum atomic E-state index is 13.0. The molecule has 30 heavy (non-hydrogen) atoms. The largest absolute Gasteiger partial charge is 0.497 e. The molecule has 0 saturated carbocycles. The molecule has 0 aliphatic rings. The Morgan fingerprint density at radius 1 is 0.900 bits per heavy atom. The molecule has 0 N–H and O–H groups in total. The number of carbonyl (C=O) groups excluding carboxylic acids is 2. The van der Waals surface area contributed by atoms with E-state index in [1.54, 1.807) is 42.5 Å². The van der Waals surface area contributed by atoms with Crippen molar-refractivity contribution in [1.29, 1.82) is 0 Å². The molecule has 2 aromatic rings.